The number of rotatable bonds is 1. The van der Waals surface area contributed by atoms with Gasteiger partial charge in [-0.25, -0.2) is 0 Å². The maximum Gasteiger partial charge on any atom is 0.163 e. The molecule has 0 spiro atoms. The van der Waals surface area contributed by atoms with Gasteiger partial charge in [-0.3, -0.25) is 4.79 Å². The Labute approximate surface area is 74.6 Å². The Morgan fingerprint density at radius 2 is 2.23 bits per heavy atom. The van der Waals surface area contributed by atoms with Crippen LogP contribution in [0.4, 0.5) is 0 Å². The lowest BCUT2D eigenvalue weighted by molar-refractivity contribution is 0.101. The van der Waals surface area contributed by atoms with Gasteiger partial charge in [0.15, 0.2) is 5.78 Å². The van der Waals surface area contributed by atoms with E-state index in [1.54, 1.807) is 12.1 Å². The van der Waals surface area contributed by atoms with E-state index in [4.69, 9.17) is 4.42 Å². The van der Waals surface area contributed by atoms with Crippen molar-refractivity contribution in [2.75, 3.05) is 0 Å². The van der Waals surface area contributed by atoms with Gasteiger partial charge in [-0.05, 0) is 19.1 Å². The van der Waals surface area contributed by atoms with Crippen LogP contribution in [0.25, 0.3) is 11.0 Å². The maximum atomic E-state index is 11.1. The van der Waals surface area contributed by atoms with E-state index in [-0.39, 0.29) is 11.5 Å². The molecule has 2 aromatic rings. The molecule has 0 aliphatic heterocycles. The van der Waals surface area contributed by atoms with Gasteiger partial charge in [0.05, 0.1) is 10.9 Å². The average Bonchev–Trinajstić information content (AvgIpc) is 2.49. The van der Waals surface area contributed by atoms with Crippen LogP contribution in [-0.4, -0.2) is 10.9 Å². The van der Waals surface area contributed by atoms with Crippen LogP contribution in [0.15, 0.2) is 28.9 Å². The summed E-state index contributed by atoms with van der Waals surface area (Å²) in [7, 11) is 0. The van der Waals surface area contributed by atoms with Crippen LogP contribution in [0.5, 0.6) is 5.75 Å². The summed E-state index contributed by atoms with van der Waals surface area (Å²) in [6, 6.07) is 4.91. The van der Waals surface area contributed by atoms with Crippen LogP contribution in [-0.2, 0) is 0 Å². The Morgan fingerprint density at radius 1 is 1.46 bits per heavy atom. The predicted octanol–water partition coefficient (Wildman–Crippen LogP) is 2.34. The minimum Gasteiger partial charge on any atom is -0.507 e. The van der Waals surface area contributed by atoms with Crippen molar-refractivity contribution >= 4 is 16.8 Å². The molecule has 13 heavy (non-hydrogen) atoms. The molecule has 3 nitrogen and oxygen atoms in total. The third-order valence-corrected chi connectivity index (χ3v) is 1.96. The summed E-state index contributed by atoms with van der Waals surface area (Å²) in [5.41, 5.74) is 0.957. The van der Waals surface area contributed by atoms with Crippen LogP contribution in [0.3, 0.4) is 0 Å². The molecule has 0 unspecified atom stereocenters. The molecule has 0 saturated carbocycles. The number of hydrogen-bond acceptors (Lipinski definition) is 3. The molecule has 0 bridgehead atoms. The van der Waals surface area contributed by atoms with Crippen molar-refractivity contribution < 1.29 is 14.3 Å². The van der Waals surface area contributed by atoms with Gasteiger partial charge in [0.1, 0.15) is 17.6 Å². The van der Waals surface area contributed by atoms with Crippen molar-refractivity contribution in [1.82, 2.24) is 0 Å². The van der Waals surface area contributed by atoms with Crippen LogP contribution in [0.2, 0.25) is 0 Å². The molecule has 1 aromatic heterocycles. The molecule has 3 heteroatoms. The van der Waals surface area contributed by atoms with E-state index in [0.29, 0.717) is 16.5 Å². The molecule has 1 heterocycles. The van der Waals surface area contributed by atoms with E-state index >= 15 is 0 Å². The summed E-state index contributed by atoms with van der Waals surface area (Å²) in [6.45, 7) is 1.44. The number of carbonyl (C=O) groups is 1. The summed E-state index contributed by atoms with van der Waals surface area (Å²) >= 11 is 0. The van der Waals surface area contributed by atoms with Gasteiger partial charge in [-0.1, -0.05) is 6.07 Å². The number of benzene rings is 1. The van der Waals surface area contributed by atoms with Crippen molar-refractivity contribution in [1.29, 1.82) is 0 Å². The van der Waals surface area contributed by atoms with E-state index in [2.05, 4.69) is 0 Å². The molecule has 0 aliphatic rings. The lowest BCUT2D eigenvalue weighted by Gasteiger charge is -1.94. The fourth-order valence-electron chi connectivity index (χ4n) is 1.33. The highest BCUT2D eigenvalue weighted by atomic mass is 16.3. The molecule has 0 radical (unpaired) electrons. The minimum atomic E-state index is -0.111. The fraction of sp³-hybridized carbons (Fsp3) is 0.100. The summed E-state index contributed by atoms with van der Waals surface area (Å²) in [5, 5.41) is 9.97. The second-order valence-corrected chi connectivity index (χ2v) is 2.86. The quantitative estimate of drug-likeness (QED) is 0.678. The van der Waals surface area contributed by atoms with E-state index in [1.807, 2.05) is 0 Å². The van der Waals surface area contributed by atoms with Crippen LogP contribution < -0.4 is 0 Å². The zero-order valence-electron chi connectivity index (χ0n) is 7.07. The number of fused-ring (bicyclic) bond motifs is 1. The largest absolute Gasteiger partial charge is 0.507 e. The lowest BCUT2D eigenvalue weighted by Crippen LogP contribution is -1.88. The third-order valence-electron chi connectivity index (χ3n) is 1.96. The molecular formula is C10H8O3. The predicted molar refractivity (Wildman–Crippen MR) is 47.9 cm³/mol. The van der Waals surface area contributed by atoms with Crippen molar-refractivity contribution in [2.45, 2.75) is 6.92 Å². The van der Waals surface area contributed by atoms with Gasteiger partial charge < -0.3 is 9.52 Å². The first kappa shape index (κ1) is 7.86. The van der Waals surface area contributed by atoms with Gasteiger partial charge in [0.25, 0.3) is 0 Å². The molecule has 0 aliphatic carbocycles. The fourth-order valence-corrected chi connectivity index (χ4v) is 1.33. The highest BCUT2D eigenvalue weighted by molar-refractivity contribution is 6.07. The van der Waals surface area contributed by atoms with Gasteiger partial charge in [-0.2, -0.15) is 0 Å². The number of carbonyl (C=O) groups excluding carboxylic acids is 1. The van der Waals surface area contributed by atoms with E-state index < -0.39 is 0 Å². The second-order valence-electron chi connectivity index (χ2n) is 2.86. The molecule has 1 aromatic carbocycles. The summed E-state index contributed by atoms with van der Waals surface area (Å²) in [6.07, 6.45) is 1.37. The van der Waals surface area contributed by atoms with E-state index in [0.717, 1.165) is 0 Å². The Kier molecular flexibility index (Phi) is 1.59. The normalized spacial score (nSPS) is 10.5. The Hall–Kier alpha value is -1.77. The number of Topliss-reactive ketones (excluding diaryl/α,β-unsaturated/α-hetero) is 1. The Bertz CT molecular complexity index is 468. The Balaban J connectivity index is 2.86. The van der Waals surface area contributed by atoms with Gasteiger partial charge in [0.2, 0.25) is 0 Å². The van der Waals surface area contributed by atoms with Gasteiger partial charge in [0, 0.05) is 0 Å². The molecule has 0 amide bonds. The van der Waals surface area contributed by atoms with Crippen molar-refractivity contribution in [2.24, 2.45) is 0 Å². The van der Waals surface area contributed by atoms with Crippen LogP contribution in [0, 0.1) is 0 Å². The topological polar surface area (TPSA) is 50.4 Å². The van der Waals surface area contributed by atoms with Crippen molar-refractivity contribution in [3.63, 3.8) is 0 Å². The number of aromatic hydroxyl groups is 1. The van der Waals surface area contributed by atoms with Gasteiger partial charge in [-0.15, -0.1) is 0 Å². The first-order valence-corrected chi connectivity index (χ1v) is 3.90. The number of phenolic OH excluding ortho intramolecular Hbond substituents is 1. The Morgan fingerprint density at radius 3 is 2.92 bits per heavy atom. The average molecular weight is 176 g/mol. The lowest BCUT2D eigenvalue weighted by atomic mass is 10.1. The SMILES string of the molecule is CC(=O)c1coc2cccc(O)c12. The third kappa shape index (κ3) is 1.09. The molecule has 0 saturated heterocycles. The molecule has 0 fully saturated rings. The van der Waals surface area contributed by atoms with Gasteiger partial charge >= 0.3 is 0 Å². The van der Waals surface area contributed by atoms with Crippen LogP contribution in [0.1, 0.15) is 17.3 Å². The van der Waals surface area contributed by atoms with E-state index in [9.17, 15) is 9.90 Å². The van der Waals surface area contributed by atoms with E-state index in [1.165, 1.54) is 19.3 Å². The van der Waals surface area contributed by atoms with Crippen LogP contribution >= 0.6 is 0 Å². The number of phenols is 1. The first-order chi connectivity index (χ1) is 6.20. The minimum absolute atomic E-state index is 0.0800. The zero-order valence-corrected chi connectivity index (χ0v) is 7.07. The number of hydrogen-bond donors (Lipinski definition) is 1. The molecular weight excluding hydrogens is 168 g/mol. The van der Waals surface area contributed by atoms with Crippen molar-refractivity contribution in [3.8, 4) is 5.75 Å². The molecule has 1 N–H and O–H groups in total. The standard InChI is InChI=1S/C10H8O3/c1-6(11)7-5-13-9-4-2-3-8(12)10(7)9/h2-5,12H,1H3. The monoisotopic (exact) mass is 176 g/mol. The molecule has 2 rings (SSSR count). The summed E-state index contributed by atoms with van der Waals surface area (Å²) in [5.74, 6) is -0.0308. The summed E-state index contributed by atoms with van der Waals surface area (Å²) in [4.78, 5) is 11.1. The summed E-state index contributed by atoms with van der Waals surface area (Å²) < 4.78 is 5.11. The molecule has 66 valence electrons. The smallest absolute Gasteiger partial charge is 0.163 e. The molecule has 0 atom stereocenters. The highest BCUT2D eigenvalue weighted by Crippen LogP contribution is 2.29. The maximum absolute atomic E-state index is 11.1. The number of ketones is 1. The number of furan rings is 1. The zero-order chi connectivity index (χ0) is 9.42. The highest BCUT2D eigenvalue weighted by Gasteiger charge is 2.12. The van der Waals surface area contributed by atoms with Crippen molar-refractivity contribution in [3.05, 3.63) is 30.0 Å². The second kappa shape index (κ2) is 2.62. The first-order valence-electron chi connectivity index (χ1n) is 3.90.